The van der Waals surface area contributed by atoms with Gasteiger partial charge < -0.3 is 9.47 Å². The van der Waals surface area contributed by atoms with Gasteiger partial charge in [-0.25, -0.2) is 0 Å². The topological polar surface area (TPSA) is 52.6 Å². The number of methoxy groups -OCH3 is 1. The molecule has 0 aliphatic heterocycles. The van der Waals surface area contributed by atoms with Crippen LogP contribution in [0.5, 0.6) is 0 Å². The maximum atomic E-state index is 12.0. The molecule has 118 valence electrons. The number of ether oxygens (including phenoxy) is 2. The number of rotatable bonds is 9. The molecule has 0 amide bonds. The van der Waals surface area contributed by atoms with E-state index in [1.165, 1.54) is 13.5 Å². The number of carbonyl (C=O) groups is 2. The Bertz CT molecular complexity index is 297. The maximum absolute atomic E-state index is 12.0. The summed E-state index contributed by atoms with van der Waals surface area (Å²) in [6, 6.07) is 0. The molecule has 1 atom stereocenters. The van der Waals surface area contributed by atoms with Gasteiger partial charge in [0.1, 0.15) is 5.60 Å². The molecule has 0 saturated heterocycles. The lowest BCUT2D eigenvalue weighted by Crippen LogP contribution is -2.33. The van der Waals surface area contributed by atoms with Crippen molar-refractivity contribution in [1.82, 2.24) is 0 Å². The van der Waals surface area contributed by atoms with Crippen molar-refractivity contribution >= 4 is 27.9 Å². The lowest BCUT2D eigenvalue weighted by Gasteiger charge is -2.22. The molecule has 5 heteroatoms. The van der Waals surface area contributed by atoms with Crippen molar-refractivity contribution in [3.05, 3.63) is 0 Å². The van der Waals surface area contributed by atoms with Crippen LogP contribution in [-0.4, -0.2) is 30.0 Å². The second kappa shape index (κ2) is 10.2. The molecule has 20 heavy (non-hydrogen) atoms. The minimum Gasteiger partial charge on any atom is -0.468 e. The first-order valence-electron chi connectivity index (χ1n) is 7.18. The molecule has 0 aliphatic rings. The van der Waals surface area contributed by atoms with Gasteiger partial charge in [0.05, 0.1) is 7.11 Å². The van der Waals surface area contributed by atoms with Crippen LogP contribution < -0.4 is 0 Å². The highest BCUT2D eigenvalue weighted by atomic mass is 79.9. The minimum absolute atomic E-state index is 0.482. The van der Waals surface area contributed by atoms with E-state index >= 15 is 0 Å². The zero-order valence-corrected chi connectivity index (χ0v) is 14.6. The molecular weight excluding hydrogens is 324 g/mol. The van der Waals surface area contributed by atoms with Gasteiger partial charge in [0.15, 0.2) is 5.92 Å². The van der Waals surface area contributed by atoms with Gasteiger partial charge in [-0.2, -0.15) is 0 Å². The molecule has 0 spiro atoms. The summed E-state index contributed by atoms with van der Waals surface area (Å²) in [6.45, 7) is 5.37. The molecule has 4 nitrogen and oxygen atoms in total. The lowest BCUT2D eigenvalue weighted by molar-refractivity contribution is -0.168. The zero-order chi connectivity index (χ0) is 15.6. The van der Waals surface area contributed by atoms with E-state index in [0.29, 0.717) is 6.42 Å². The molecule has 0 bridgehead atoms. The summed E-state index contributed by atoms with van der Waals surface area (Å²) in [6.07, 6.45) is 5.79. The summed E-state index contributed by atoms with van der Waals surface area (Å²) in [5.74, 6) is -1.78. The van der Waals surface area contributed by atoms with Crippen LogP contribution >= 0.6 is 15.9 Å². The first kappa shape index (κ1) is 19.4. The summed E-state index contributed by atoms with van der Waals surface area (Å²) in [5, 5.41) is 1.02. The summed E-state index contributed by atoms with van der Waals surface area (Å²) >= 11 is 3.39. The molecule has 0 saturated carbocycles. The van der Waals surface area contributed by atoms with Crippen LogP contribution in [0.1, 0.15) is 59.3 Å². The van der Waals surface area contributed by atoms with Gasteiger partial charge in [-0.15, -0.1) is 0 Å². The number of hydrogen-bond donors (Lipinski definition) is 0. The Hall–Kier alpha value is -0.580. The third kappa shape index (κ3) is 9.34. The number of esters is 2. The highest BCUT2D eigenvalue weighted by molar-refractivity contribution is 9.09. The van der Waals surface area contributed by atoms with E-state index in [4.69, 9.17) is 9.47 Å². The first-order valence-corrected chi connectivity index (χ1v) is 8.30. The van der Waals surface area contributed by atoms with Crippen LogP contribution in [0, 0.1) is 5.92 Å². The zero-order valence-electron chi connectivity index (χ0n) is 13.0. The molecule has 0 N–H and O–H groups in total. The Kier molecular flexibility index (Phi) is 9.90. The van der Waals surface area contributed by atoms with E-state index in [-0.39, 0.29) is 0 Å². The van der Waals surface area contributed by atoms with Crippen LogP contribution in [0.3, 0.4) is 0 Å². The second-order valence-electron chi connectivity index (χ2n) is 5.85. The number of hydrogen-bond acceptors (Lipinski definition) is 4. The normalized spacial score (nSPS) is 12.8. The van der Waals surface area contributed by atoms with Gasteiger partial charge in [0.2, 0.25) is 0 Å². The number of halogens is 1. The molecular formula is C15H27BrO4. The largest absolute Gasteiger partial charge is 0.468 e. The Labute approximate surface area is 130 Å². The van der Waals surface area contributed by atoms with Gasteiger partial charge in [-0.05, 0) is 33.6 Å². The summed E-state index contributed by atoms with van der Waals surface area (Å²) in [5.41, 5.74) is -0.584. The van der Waals surface area contributed by atoms with Crippen molar-refractivity contribution in [2.45, 2.75) is 64.9 Å². The first-order chi connectivity index (χ1) is 9.31. The predicted molar refractivity (Wildman–Crippen MR) is 82.8 cm³/mol. The summed E-state index contributed by atoms with van der Waals surface area (Å²) in [4.78, 5) is 23.7. The Morgan fingerprint density at radius 3 is 2.05 bits per heavy atom. The van der Waals surface area contributed by atoms with Crippen molar-refractivity contribution in [1.29, 1.82) is 0 Å². The maximum Gasteiger partial charge on any atom is 0.320 e. The molecule has 0 aromatic rings. The van der Waals surface area contributed by atoms with Crippen molar-refractivity contribution < 1.29 is 19.1 Å². The SMILES string of the molecule is COC(=O)C(CCCCCCCBr)C(=O)OC(C)(C)C. The van der Waals surface area contributed by atoms with E-state index in [1.54, 1.807) is 20.8 Å². The van der Waals surface area contributed by atoms with Gasteiger partial charge in [-0.3, -0.25) is 9.59 Å². The van der Waals surface area contributed by atoms with E-state index in [2.05, 4.69) is 15.9 Å². The number of unbranched alkanes of at least 4 members (excludes halogenated alkanes) is 4. The van der Waals surface area contributed by atoms with Crippen molar-refractivity contribution in [2.75, 3.05) is 12.4 Å². The average molecular weight is 351 g/mol. The van der Waals surface area contributed by atoms with Gasteiger partial charge in [0, 0.05) is 5.33 Å². The van der Waals surface area contributed by atoms with Gasteiger partial charge in [0.25, 0.3) is 0 Å². The molecule has 0 heterocycles. The van der Waals surface area contributed by atoms with Crippen molar-refractivity contribution in [3.8, 4) is 0 Å². The average Bonchev–Trinajstić information content (AvgIpc) is 2.35. The fourth-order valence-corrected chi connectivity index (χ4v) is 2.22. The highest BCUT2D eigenvalue weighted by Crippen LogP contribution is 2.18. The van der Waals surface area contributed by atoms with Crippen LogP contribution in [0.2, 0.25) is 0 Å². The third-order valence-electron chi connectivity index (χ3n) is 2.80. The van der Waals surface area contributed by atoms with Crippen LogP contribution in [0.25, 0.3) is 0 Å². The highest BCUT2D eigenvalue weighted by Gasteiger charge is 2.31. The molecule has 0 aliphatic carbocycles. The van der Waals surface area contributed by atoms with E-state index < -0.39 is 23.5 Å². The van der Waals surface area contributed by atoms with Gasteiger partial charge >= 0.3 is 11.9 Å². The third-order valence-corrected chi connectivity index (χ3v) is 3.36. The van der Waals surface area contributed by atoms with E-state index in [9.17, 15) is 9.59 Å². The fraction of sp³-hybridized carbons (Fsp3) is 0.867. The van der Waals surface area contributed by atoms with Crippen LogP contribution in [-0.2, 0) is 19.1 Å². The van der Waals surface area contributed by atoms with E-state index in [0.717, 1.165) is 31.0 Å². The monoisotopic (exact) mass is 350 g/mol. The Morgan fingerprint density at radius 2 is 1.55 bits per heavy atom. The molecule has 1 unspecified atom stereocenters. The smallest absolute Gasteiger partial charge is 0.320 e. The Balaban J connectivity index is 4.23. The lowest BCUT2D eigenvalue weighted by atomic mass is 10.00. The molecule has 0 aromatic carbocycles. The minimum atomic E-state index is -0.796. The number of carbonyl (C=O) groups excluding carboxylic acids is 2. The van der Waals surface area contributed by atoms with Crippen LogP contribution in [0.4, 0.5) is 0 Å². The van der Waals surface area contributed by atoms with E-state index in [1.807, 2.05) is 0 Å². The molecule has 0 radical (unpaired) electrons. The quantitative estimate of drug-likeness (QED) is 0.274. The van der Waals surface area contributed by atoms with Crippen molar-refractivity contribution in [3.63, 3.8) is 0 Å². The second-order valence-corrected chi connectivity index (χ2v) is 6.65. The Morgan fingerprint density at radius 1 is 1.00 bits per heavy atom. The predicted octanol–water partition coefficient (Wildman–Crippen LogP) is 3.85. The number of alkyl halides is 1. The van der Waals surface area contributed by atoms with Crippen molar-refractivity contribution in [2.24, 2.45) is 5.92 Å². The fourth-order valence-electron chi connectivity index (χ4n) is 1.82. The van der Waals surface area contributed by atoms with Crippen LogP contribution in [0.15, 0.2) is 0 Å². The molecule has 0 fully saturated rings. The molecule has 0 rings (SSSR count). The molecule has 0 aromatic heterocycles. The summed E-state index contributed by atoms with van der Waals surface area (Å²) in [7, 11) is 1.30. The van der Waals surface area contributed by atoms with Gasteiger partial charge in [-0.1, -0.05) is 41.6 Å². The summed E-state index contributed by atoms with van der Waals surface area (Å²) < 4.78 is 9.97. The standard InChI is InChI=1S/C15H27BrO4/c1-15(2,3)20-14(18)12(13(17)19-4)10-8-6-5-7-9-11-16/h12H,5-11H2,1-4H3.